The molecule has 0 heterocycles. The smallest absolute Gasteiger partial charge is 0.305 e. The van der Waals surface area contributed by atoms with E-state index in [-0.39, 0.29) is 5.97 Å². The summed E-state index contributed by atoms with van der Waals surface area (Å²) in [5, 5.41) is 0. The summed E-state index contributed by atoms with van der Waals surface area (Å²) < 4.78 is 27.4. The highest BCUT2D eigenvalue weighted by Gasteiger charge is 2.03. The molecular formula is C36H63NO7. The number of unbranched alkanes of at least 4 members (excludes halogenated alkanes) is 14. The van der Waals surface area contributed by atoms with E-state index in [2.05, 4.69) is 11.8 Å². The third kappa shape index (κ3) is 25.3. The minimum absolute atomic E-state index is 0.127. The number of likely N-dealkylation sites (N-methyl/N-ethyl adjacent to an activating group) is 1. The normalized spacial score (nSPS) is 11.1. The highest BCUT2D eigenvalue weighted by Crippen LogP contribution is 2.14. The van der Waals surface area contributed by atoms with Crippen LogP contribution in [-0.4, -0.2) is 85.3 Å². The summed E-state index contributed by atoms with van der Waals surface area (Å²) in [5.74, 6) is -0.127. The lowest BCUT2D eigenvalue weighted by Crippen LogP contribution is -2.23. The maximum Gasteiger partial charge on any atom is 0.305 e. The number of esters is 1. The van der Waals surface area contributed by atoms with Gasteiger partial charge in [-0.1, -0.05) is 96.8 Å². The van der Waals surface area contributed by atoms with Crippen molar-refractivity contribution in [3.05, 3.63) is 29.8 Å². The van der Waals surface area contributed by atoms with Crippen LogP contribution in [0.15, 0.2) is 24.3 Å². The molecule has 1 rings (SSSR count). The van der Waals surface area contributed by atoms with E-state index < -0.39 is 0 Å². The predicted molar refractivity (Wildman–Crippen MR) is 179 cm³/mol. The number of rotatable bonds is 33. The fourth-order valence-electron chi connectivity index (χ4n) is 4.83. The molecule has 0 fully saturated rings. The van der Waals surface area contributed by atoms with E-state index in [4.69, 9.17) is 23.7 Å². The van der Waals surface area contributed by atoms with Crippen LogP contribution in [0.4, 0.5) is 5.69 Å². The van der Waals surface area contributed by atoms with Gasteiger partial charge in [-0.05, 0) is 30.7 Å². The van der Waals surface area contributed by atoms with Crippen LogP contribution < -0.4 is 4.90 Å². The highest BCUT2D eigenvalue weighted by atomic mass is 16.6. The zero-order valence-electron chi connectivity index (χ0n) is 28.1. The lowest BCUT2D eigenvalue weighted by molar-refractivity contribution is -0.145. The molecule has 0 radical (unpaired) electrons. The molecule has 0 saturated carbocycles. The van der Waals surface area contributed by atoms with E-state index in [0.29, 0.717) is 71.4 Å². The van der Waals surface area contributed by atoms with Crippen LogP contribution in [0.2, 0.25) is 0 Å². The Labute approximate surface area is 268 Å². The van der Waals surface area contributed by atoms with Crippen molar-refractivity contribution in [1.29, 1.82) is 0 Å². The van der Waals surface area contributed by atoms with Gasteiger partial charge < -0.3 is 28.6 Å². The molecule has 254 valence electrons. The Hall–Kier alpha value is -2.00. The third-order valence-corrected chi connectivity index (χ3v) is 7.63. The van der Waals surface area contributed by atoms with E-state index in [9.17, 15) is 9.59 Å². The number of aldehydes is 1. The molecule has 0 aliphatic carbocycles. The Morgan fingerprint density at radius 1 is 0.591 bits per heavy atom. The molecule has 0 aliphatic heterocycles. The van der Waals surface area contributed by atoms with Crippen LogP contribution in [0.1, 0.15) is 120 Å². The van der Waals surface area contributed by atoms with Crippen molar-refractivity contribution in [3.8, 4) is 0 Å². The molecule has 1 aromatic rings. The molecule has 0 atom stereocenters. The van der Waals surface area contributed by atoms with Gasteiger partial charge >= 0.3 is 5.97 Å². The molecule has 0 N–H and O–H groups in total. The van der Waals surface area contributed by atoms with Gasteiger partial charge in [-0.15, -0.1) is 0 Å². The van der Waals surface area contributed by atoms with Gasteiger partial charge in [0.1, 0.15) is 12.9 Å². The summed E-state index contributed by atoms with van der Waals surface area (Å²) in [4.78, 5) is 24.7. The lowest BCUT2D eigenvalue weighted by Gasteiger charge is -2.19. The van der Waals surface area contributed by atoms with Crippen molar-refractivity contribution in [2.75, 3.05) is 78.0 Å². The van der Waals surface area contributed by atoms with E-state index in [1.54, 1.807) is 0 Å². The Balaban J connectivity index is 1.73. The number of anilines is 1. The SMILES string of the molecule is CCCCCCCCCCCCCCCCCC(=O)OCCOCCOCCOCCOCCN(C)c1ccc(C=O)cc1. The Bertz CT molecular complexity index is 774. The summed E-state index contributed by atoms with van der Waals surface area (Å²) >= 11 is 0. The number of hydrogen-bond donors (Lipinski definition) is 0. The van der Waals surface area contributed by atoms with Gasteiger partial charge in [-0.2, -0.15) is 0 Å². The first-order chi connectivity index (χ1) is 21.7. The largest absolute Gasteiger partial charge is 0.463 e. The van der Waals surface area contributed by atoms with Crippen molar-refractivity contribution in [3.63, 3.8) is 0 Å². The number of hydrogen-bond acceptors (Lipinski definition) is 8. The second-order valence-electron chi connectivity index (χ2n) is 11.5. The van der Waals surface area contributed by atoms with Gasteiger partial charge in [0.15, 0.2) is 0 Å². The number of ether oxygens (including phenoxy) is 5. The first kappa shape index (κ1) is 40.0. The van der Waals surface area contributed by atoms with Gasteiger partial charge in [0.25, 0.3) is 0 Å². The molecule has 0 bridgehead atoms. The van der Waals surface area contributed by atoms with Crippen LogP contribution in [0.25, 0.3) is 0 Å². The monoisotopic (exact) mass is 621 g/mol. The zero-order valence-corrected chi connectivity index (χ0v) is 28.1. The quantitative estimate of drug-likeness (QED) is 0.0447. The van der Waals surface area contributed by atoms with Crippen LogP contribution in [0.3, 0.4) is 0 Å². The zero-order chi connectivity index (χ0) is 31.8. The number of nitrogens with zero attached hydrogens (tertiary/aromatic N) is 1. The maximum absolute atomic E-state index is 11.9. The fraction of sp³-hybridized carbons (Fsp3) is 0.778. The summed E-state index contributed by atoms with van der Waals surface area (Å²) in [6.45, 7) is 7.29. The topological polar surface area (TPSA) is 83.5 Å². The Morgan fingerprint density at radius 3 is 1.45 bits per heavy atom. The number of benzene rings is 1. The van der Waals surface area contributed by atoms with Gasteiger partial charge in [-0.25, -0.2) is 0 Å². The molecule has 0 saturated heterocycles. The summed E-state index contributed by atoms with van der Waals surface area (Å²) in [7, 11) is 1.99. The van der Waals surface area contributed by atoms with Crippen molar-refractivity contribution < 1.29 is 33.3 Å². The third-order valence-electron chi connectivity index (χ3n) is 7.63. The average molecular weight is 622 g/mol. The molecule has 0 unspecified atom stereocenters. The molecule has 0 amide bonds. The first-order valence-corrected chi connectivity index (χ1v) is 17.4. The van der Waals surface area contributed by atoms with Gasteiger partial charge in [0, 0.05) is 31.3 Å². The van der Waals surface area contributed by atoms with Crippen molar-refractivity contribution in [1.82, 2.24) is 0 Å². The molecule has 1 aromatic carbocycles. The highest BCUT2D eigenvalue weighted by molar-refractivity contribution is 5.75. The molecule has 0 aliphatic rings. The second kappa shape index (κ2) is 31.0. The van der Waals surface area contributed by atoms with Gasteiger partial charge in [0.05, 0.1) is 52.9 Å². The number of carbonyl (C=O) groups excluding carboxylic acids is 2. The lowest BCUT2D eigenvalue weighted by atomic mass is 10.0. The summed E-state index contributed by atoms with van der Waals surface area (Å²) in [6.07, 6.45) is 21.1. The molecule has 8 nitrogen and oxygen atoms in total. The van der Waals surface area contributed by atoms with Gasteiger partial charge in [0.2, 0.25) is 0 Å². The Morgan fingerprint density at radius 2 is 1.00 bits per heavy atom. The van der Waals surface area contributed by atoms with Crippen LogP contribution in [0, 0.1) is 0 Å². The van der Waals surface area contributed by atoms with E-state index >= 15 is 0 Å². The van der Waals surface area contributed by atoms with E-state index in [1.165, 1.54) is 83.5 Å². The minimum atomic E-state index is -0.127. The van der Waals surface area contributed by atoms with E-state index in [0.717, 1.165) is 31.4 Å². The van der Waals surface area contributed by atoms with Crippen LogP contribution in [-0.2, 0) is 28.5 Å². The molecular weight excluding hydrogens is 558 g/mol. The standard InChI is InChI=1S/C36H63NO7/c1-3-4-5-6-7-8-9-10-11-12-13-14-15-16-17-18-36(39)44-32-31-43-30-29-42-28-27-41-26-25-40-24-23-37(2)35-21-19-34(33-38)20-22-35/h19-22,33H,3-18,23-32H2,1-2H3. The molecule has 8 heteroatoms. The molecule has 0 aromatic heterocycles. The fourth-order valence-corrected chi connectivity index (χ4v) is 4.83. The van der Waals surface area contributed by atoms with Crippen molar-refractivity contribution in [2.24, 2.45) is 0 Å². The van der Waals surface area contributed by atoms with E-state index in [1.807, 2.05) is 31.3 Å². The maximum atomic E-state index is 11.9. The van der Waals surface area contributed by atoms with Crippen molar-refractivity contribution >= 4 is 17.9 Å². The average Bonchev–Trinajstić information content (AvgIpc) is 3.04. The first-order valence-electron chi connectivity index (χ1n) is 17.4. The minimum Gasteiger partial charge on any atom is -0.463 e. The van der Waals surface area contributed by atoms with Gasteiger partial charge in [-0.3, -0.25) is 9.59 Å². The second-order valence-corrected chi connectivity index (χ2v) is 11.5. The number of carbonyl (C=O) groups is 2. The van der Waals surface area contributed by atoms with Crippen LogP contribution >= 0.6 is 0 Å². The van der Waals surface area contributed by atoms with Crippen molar-refractivity contribution in [2.45, 2.75) is 110 Å². The molecule has 0 spiro atoms. The summed E-state index contributed by atoms with van der Waals surface area (Å²) in [6, 6.07) is 7.47. The van der Waals surface area contributed by atoms with Crippen LogP contribution in [0.5, 0.6) is 0 Å². The molecule has 44 heavy (non-hydrogen) atoms. The Kier molecular flexibility index (Phi) is 28.2. The predicted octanol–water partition coefficient (Wildman–Crippen LogP) is 7.81. The summed E-state index contributed by atoms with van der Waals surface area (Å²) in [5.41, 5.74) is 1.72.